The summed E-state index contributed by atoms with van der Waals surface area (Å²) < 4.78 is 4.90. The van der Waals surface area contributed by atoms with Crippen molar-refractivity contribution in [1.29, 1.82) is 0 Å². The molecule has 70 valence electrons. The molecule has 1 aromatic rings. The minimum Gasteiger partial charge on any atom is -0.507 e. The molecule has 1 unspecified atom stereocenters. The fourth-order valence-corrected chi connectivity index (χ4v) is 1.34. The molecule has 1 aromatic carbocycles. The first kappa shape index (κ1) is 10.1. The predicted octanol–water partition coefficient (Wildman–Crippen LogP) is 2.04. The van der Waals surface area contributed by atoms with E-state index in [0.29, 0.717) is 17.6 Å². The number of aromatic hydroxyl groups is 1. The van der Waals surface area contributed by atoms with Crippen LogP contribution in [0.25, 0.3) is 0 Å². The Hall–Kier alpha value is -1.03. The summed E-state index contributed by atoms with van der Waals surface area (Å²) >= 11 is 3.11. The summed E-state index contributed by atoms with van der Waals surface area (Å²) in [7, 11) is 1.51. The molecule has 1 atom stereocenters. The third-order valence-corrected chi connectivity index (χ3v) is 2.36. The van der Waals surface area contributed by atoms with Crippen LogP contribution < -0.4 is 4.74 Å². The number of methoxy groups -OCH3 is 1. The zero-order chi connectivity index (χ0) is 9.84. The second-order valence-corrected chi connectivity index (χ2v) is 3.45. The van der Waals surface area contributed by atoms with Crippen LogP contribution in [-0.4, -0.2) is 18.5 Å². The van der Waals surface area contributed by atoms with Crippen LogP contribution in [0.2, 0.25) is 0 Å². The molecule has 0 amide bonds. The average molecular weight is 245 g/mol. The third-order valence-electron chi connectivity index (χ3n) is 1.65. The monoisotopic (exact) mass is 244 g/mol. The van der Waals surface area contributed by atoms with E-state index in [-0.39, 0.29) is 5.75 Å². The molecule has 13 heavy (non-hydrogen) atoms. The molecule has 0 heterocycles. The molecule has 0 saturated carbocycles. The molecule has 0 radical (unpaired) electrons. The van der Waals surface area contributed by atoms with Crippen molar-refractivity contribution in [3.63, 3.8) is 0 Å². The summed E-state index contributed by atoms with van der Waals surface area (Å²) in [6.45, 7) is 0. The Labute approximate surface area is 84.5 Å². The Kier molecular flexibility index (Phi) is 3.31. The first-order valence-corrected chi connectivity index (χ1v) is 4.57. The van der Waals surface area contributed by atoms with Gasteiger partial charge < -0.3 is 14.6 Å². The first-order chi connectivity index (χ1) is 6.19. The number of benzene rings is 1. The minimum absolute atomic E-state index is 0.0494. The Morgan fingerprint density at radius 1 is 1.62 bits per heavy atom. The lowest BCUT2D eigenvalue weighted by atomic mass is 10.1. The van der Waals surface area contributed by atoms with Crippen molar-refractivity contribution in [3.8, 4) is 11.5 Å². The van der Waals surface area contributed by atoms with Gasteiger partial charge in [-0.2, -0.15) is 0 Å². The maximum absolute atomic E-state index is 10.4. The summed E-state index contributed by atoms with van der Waals surface area (Å²) in [5.41, 5.74) is 0.538. The highest BCUT2D eigenvalue weighted by atomic mass is 79.9. The fourth-order valence-electron chi connectivity index (χ4n) is 0.957. The highest BCUT2D eigenvalue weighted by Gasteiger charge is 2.11. The summed E-state index contributed by atoms with van der Waals surface area (Å²) in [5, 5.41) is 9.46. The van der Waals surface area contributed by atoms with Gasteiger partial charge in [-0.25, -0.2) is 0 Å². The quantitative estimate of drug-likeness (QED) is 0.654. The van der Waals surface area contributed by atoms with Gasteiger partial charge in [0.15, 0.2) is 0 Å². The van der Waals surface area contributed by atoms with Gasteiger partial charge in [0, 0.05) is 11.6 Å². The maximum Gasteiger partial charge on any atom is 0.138 e. The lowest BCUT2D eigenvalue weighted by molar-refractivity contribution is -0.107. The highest BCUT2D eigenvalue weighted by molar-refractivity contribution is 9.09. The largest absolute Gasteiger partial charge is 0.507 e. The van der Waals surface area contributed by atoms with Crippen LogP contribution >= 0.6 is 15.9 Å². The second-order valence-electron chi connectivity index (χ2n) is 2.46. The molecular weight excluding hydrogens is 236 g/mol. The number of phenolic OH excluding ortho intramolecular Hbond substituents is 1. The SMILES string of the molecule is COc1ccc(C(Br)C=O)c(O)c1. The maximum atomic E-state index is 10.4. The molecule has 0 aliphatic rings. The van der Waals surface area contributed by atoms with E-state index in [9.17, 15) is 9.90 Å². The van der Waals surface area contributed by atoms with E-state index in [1.165, 1.54) is 13.2 Å². The van der Waals surface area contributed by atoms with Crippen LogP contribution in [0.4, 0.5) is 0 Å². The first-order valence-electron chi connectivity index (χ1n) is 3.65. The van der Waals surface area contributed by atoms with Gasteiger partial charge in [0.2, 0.25) is 0 Å². The number of ether oxygens (including phenoxy) is 1. The Morgan fingerprint density at radius 2 is 2.31 bits per heavy atom. The molecule has 0 aromatic heterocycles. The van der Waals surface area contributed by atoms with Crippen molar-refractivity contribution in [2.75, 3.05) is 7.11 Å². The number of alkyl halides is 1. The summed E-state index contributed by atoms with van der Waals surface area (Å²) in [6, 6.07) is 4.79. The van der Waals surface area contributed by atoms with Crippen molar-refractivity contribution in [3.05, 3.63) is 23.8 Å². The summed E-state index contributed by atoms with van der Waals surface area (Å²) in [6.07, 6.45) is 0.710. The lowest BCUT2D eigenvalue weighted by Crippen LogP contribution is -1.92. The van der Waals surface area contributed by atoms with Crippen molar-refractivity contribution in [1.82, 2.24) is 0 Å². The minimum atomic E-state index is -0.474. The van der Waals surface area contributed by atoms with E-state index in [2.05, 4.69) is 15.9 Å². The number of carbonyl (C=O) groups is 1. The number of rotatable bonds is 3. The van der Waals surface area contributed by atoms with Crippen molar-refractivity contribution in [2.45, 2.75) is 4.83 Å². The third kappa shape index (κ3) is 2.21. The van der Waals surface area contributed by atoms with Crippen LogP contribution in [0.3, 0.4) is 0 Å². The van der Waals surface area contributed by atoms with Crippen LogP contribution in [0.15, 0.2) is 18.2 Å². The Morgan fingerprint density at radius 3 is 2.77 bits per heavy atom. The molecule has 0 spiro atoms. The smallest absolute Gasteiger partial charge is 0.138 e. The summed E-state index contributed by atoms with van der Waals surface area (Å²) in [5.74, 6) is 0.611. The number of aldehydes is 1. The van der Waals surface area contributed by atoms with E-state index in [0.717, 1.165) is 0 Å². The topological polar surface area (TPSA) is 46.5 Å². The van der Waals surface area contributed by atoms with Gasteiger partial charge in [0.25, 0.3) is 0 Å². The highest BCUT2D eigenvalue weighted by Crippen LogP contribution is 2.31. The van der Waals surface area contributed by atoms with Gasteiger partial charge in [0.05, 0.1) is 11.9 Å². The molecule has 0 aliphatic heterocycles. The molecule has 4 heteroatoms. The van der Waals surface area contributed by atoms with E-state index in [4.69, 9.17) is 4.74 Å². The summed E-state index contributed by atoms with van der Waals surface area (Å²) in [4.78, 5) is 9.95. The Bertz CT molecular complexity index is 312. The van der Waals surface area contributed by atoms with Crippen LogP contribution in [0.1, 0.15) is 10.4 Å². The zero-order valence-corrected chi connectivity index (χ0v) is 8.61. The number of hydrogen-bond acceptors (Lipinski definition) is 3. The fraction of sp³-hybridized carbons (Fsp3) is 0.222. The number of carbonyl (C=O) groups excluding carboxylic acids is 1. The number of phenols is 1. The molecule has 0 saturated heterocycles. The predicted molar refractivity (Wildman–Crippen MR) is 52.4 cm³/mol. The molecule has 1 rings (SSSR count). The van der Waals surface area contributed by atoms with Gasteiger partial charge in [-0.15, -0.1) is 0 Å². The van der Waals surface area contributed by atoms with Gasteiger partial charge in [-0.1, -0.05) is 22.0 Å². The van der Waals surface area contributed by atoms with Crippen molar-refractivity contribution >= 4 is 22.2 Å². The van der Waals surface area contributed by atoms with Gasteiger partial charge in [-0.05, 0) is 6.07 Å². The van der Waals surface area contributed by atoms with Crippen LogP contribution in [-0.2, 0) is 4.79 Å². The molecule has 1 N–H and O–H groups in total. The van der Waals surface area contributed by atoms with Crippen molar-refractivity contribution in [2.24, 2.45) is 0 Å². The van der Waals surface area contributed by atoms with E-state index < -0.39 is 4.83 Å². The normalized spacial score (nSPS) is 12.2. The van der Waals surface area contributed by atoms with E-state index in [1.807, 2.05) is 0 Å². The number of hydrogen-bond donors (Lipinski definition) is 1. The molecule has 0 fully saturated rings. The van der Waals surface area contributed by atoms with Crippen LogP contribution in [0, 0.1) is 0 Å². The molecular formula is C9H9BrO3. The second kappa shape index (κ2) is 4.28. The molecule has 0 bridgehead atoms. The van der Waals surface area contributed by atoms with E-state index in [1.54, 1.807) is 12.1 Å². The van der Waals surface area contributed by atoms with Gasteiger partial charge in [-0.3, -0.25) is 0 Å². The van der Waals surface area contributed by atoms with Gasteiger partial charge in [0.1, 0.15) is 17.8 Å². The molecule has 0 aliphatic carbocycles. The van der Waals surface area contributed by atoms with Crippen molar-refractivity contribution < 1.29 is 14.6 Å². The van der Waals surface area contributed by atoms with E-state index >= 15 is 0 Å². The number of halogens is 1. The average Bonchev–Trinajstić information content (AvgIpc) is 2.16. The Balaban J connectivity index is 3.04. The lowest BCUT2D eigenvalue weighted by Gasteiger charge is -2.07. The van der Waals surface area contributed by atoms with Gasteiger partial charge >= 0.3 is 0 Å². The standard InChI is InChI=1S/C9H9BrO3/c1-13-6-2-3-7(8(10)5-11)9(12)4-6/h2-5,8,12H,1H3. The zero-order valence-electron chi connectivity index (χ0n) is 7.03. The van der Waals surface area contributed by atoms with Crippen LogP contribution in [0.5, 0.6) is 11.5 Å². The molecule has 3 nitrogen and oxygen atoms in total.